The summed E-state index contributed by atoms with van der Waals surface area (Å²) in [6, 6.07) is 11.1. The van der Waals surface area contributed by atoms with Gasteiger partial charge in [-0.2, -0.15) is 0 Å². The zero-order chi connectivity index (χ0) is 13.8. The molecule has 0 unspecified atom stereocenters. The number of hydrogen-bond acceptors (Lipinski definition) is 5. The van der Waals surface area contributed by atoms with Gasteiger partial charge in [-0.3, -0.25) is 4.79 Å². The molecule has 0 fully saturated rings. The van der Waals surface area contributed by atoms with Crippen molar-refractivity contribution in [3.63, 3.8) is 0 Å². The Kier molecular flexibility index (Phi) is 3.90. The van der Waals surface area contributed by atoms with Crippen molar-refractivity contribution in [2.24, 2.45) is 0 Å². The zero-order valence-corrected chi connectivity index (χ0v) is 12.1. The molecule has 0 N–H and O–H groups in total. The van der Waals surface area contributed by atoms with Crippen molar-refractivity contribution in [1.82, 2.24) is 4.98 Å². The number of ether oxygens (including phenoxy) is 1. The predicted octanol–water partition coefficient (Wildman–Crippen LogP) is 4.26. The Morgan fingerprint density at radius 2 is 2.00 bits per heavy atom. The number of carbonyl (C=O) groups excluding carboxylic acids is 1. The first kappa shape index (κ1) is 13.0. The molecule has 0 radical (unpaired) electrons. The summed E-state index contributed by atoms with van der Waals surface area (Å²) in [6.45, 7) is 0.433. The average Bonchev–Trinajstić information content (AvgIpc) is 3.16. The van der Waals surface area contributed by atoms with E-state index in [1.54, 1.807) is 46.9 Å². The molecule has 3 rings (SSSR count). The van der Waals surface area contributed by atoms with Crippen molar-refractivity contribution in [3.05, 3.63) is 58.4 Å². The number of benzene rings is 1. The highest BCUT2D eigenvalue weighted by Gasteiger charge is 2.06. The molecule has 3 nitrogen and oxygen atoms in total. The summed E-state index contributed by atoms with van der Waals surface area (Å²) in [7, 11) is 0. The molecule has 0 aliphatic rings. The monoisotopic (exact) mass is 301 g/mol. The van der Waals surface area contributed by atoms with E-state index in [0.717, 1.165) is 22.7 Å². The number of carbonyl (C=O) groups is 1. The van der Waals surface area contributed by atoms with E-state index in [1.807, 2.05) is 16.8 Å². The van der Waals surface area contributed by atoms with Crippen LogP contribution in [-0.2, 0) is 6.61 Å². The van der Waals surface area contributed by atoms with E-state index in [2.05, 4.69) is 11.1 Å². The van der Waals surface area contributed by atoms with Gasteiger partial charge < -0.3 is 4.74 Å². The Hall–Kier alpha value is -1.98. The molecular formula is C15H11NO2S2. The number of aldehydes is 1. The van der Waals surface area contributed by atoms with E-state index in [4.69, 9.17) is 4.74 Å². The standard InChI is InChI=1S/C15H11NO2S2/c17-8-11-3-5-13(6-4-11)18-9-12-10-20-15(16-12)14-2-1-7-19-14/h1-8,10H,9H2. The van der Waals surface area contributed by atoms with Crippen LogP contribution in [0.5, 0.6) is 5.75 Å². The second-order valence-electron chi connectivity index (χ2n) is 4.10. The lowest BCUT2D eigenvalue weighted by Crippen LogP contribution is -1.95. The number of thiophene rings is 1. The fourth-order valence-electron chi connectivity index (χ4n) is 1.69. The summed E-state index contributed by atoms with van der Waals surface area (Å²) < 4.78 is 5.65. The molecule has 0 spiro atoms. The normalized spacial score (nSPS) is 10.4. The molecule has 5 heteroatoms. The van der Waals surface area contributed by atoms with E-state index in [-0.39, 0.29) is 0 Å². The molecule has 0 saturated heterocycles. The summed E-state index contributed by atoms with van der Waals surface area (Å²) in [5.41, 5.74) is 1.56. The summed E-state index contributed by atoms with van der Waals surface area (Å²) in [5, 5.41) is 5.07. The second-order valence-corrected chi connectivity index (χ2v) is 5.90. The first-order valence-corrected chi connectivity index (χ1v) is 7.77. The van der Waals surface area contributed by atoms with E-state index >= 15 is 0 Å². The minimum absolute atomic E-state index is 0.433. The molecule has 0 aliphatic carbocycles. The lowest BCUT2D eigenvalue weighted by atomic mass is 10.2. The van der Waals surface area contributed by atoms with Gasteiger partial charge in [0, 0.05) is 10.9 Å². The summed E-state index contributed by atoms with van der Waals surface area (Å²) in [4.78, 5) is 16.3. The van der Waals surface area contributed by atoms with Crippen molar-refractivity contribution in [3.8, 4) is 15.6 Å². The Balaban J connectivity index is 1.64. The largest absolute Gasteiger partial charge is 0.487 e. The number of rotatable bonds is 5. The quantitative estimate of drug-likeness (QED) is 0.661. The Labute approximate surface area is 124 Å². The third-order valence-electron chi connectivity index (χ3n) is 2.69. The summed E-state index contributed by atoms with van der Waals surface area (Å²) >= 11 is 3.30. The lowest BCUT2D eigenvalue weighted by Gasteiger charge is -2.03. The van der Waals surface area contributed by atoms with Crippen LogP contribution in [0.4, 0.5) is 0 Å². The van der Waals surface area contributed by atoms with Gasteiger partial charge in [0.2, 0.25) is 0 Å². The molecule has 0 bridgehead atoms. The maximum absolute atomic E-state index is 10.6. The smallest absolute Gasteiger partial charge is 0.150 e. The molecule has 20 heavy (non-hydrogen) atoms. The number of nitrogens with zero attached hydrogens (tertiary/aromatic N) is 1. The highest BCUT2D eigenvalue weighted by atomic mass is 32.1. The Morgan fingerprint density at radius 1 is 1.15 bits per heavy atom. The Bertz CT molecular complexity index is 687. The molecule has 100 valence electrons. The average molecular weight is 301 g/mol. The lowest BCUT2D eigenvalue weighted by molar-refractivity contribution is 0.112. The summed E-state index contributed by atoms with van der Waals surface area (Å²) in [6.07, 6.45) is 0.817. The van der Waals surface area contributed by atoms with Gasteiger partial charge in [0.05, 0.1) is 10.6 Å². The Morgan fingerprint density at radius 3 is 2.70 bits per heavy atom. The van der Waals surface area contributed by atoms with Crippen molar-refractivity contribution in [2.45, 2.75) is 6.61 Å². The van der Waals surface area contributed by atoms with Gasteiger partial charge in [-0.05, 0) is 35.7 Å². The predicted molar refractivity (Wildman–Crippen MR) is 81.6 cm³/mol. The zero-order valence-electron chi connectivity index (χ0n) is 10.5. The van der Waals surface area contributed by atoms with Crippen LogP contribution in [-0.4, -0.2) is 11.3 Å². The van der Waals surface area contributed by atoms with Crippen LogP contribution in [0.3, 0.4) is 0 Å². The van der Waals surface area contributed by atoms with E-state index in [1.165, 1.54) is 4.88 Å². The SMILES string of the molecule is O=Cc1ccc(OCc2csc(-c3cccs3)n2)cc1. The van der Waals surface area contributed by atoms with Crippen molar-refractivity contribution < 1.29 is 9.53 Å². The molecule has 0 atom stereocenters. The second kappa shape index (κ2) is 5.98. The molecule has 3 aromatic rings. The van der Waals surface area contributed by atoms with Crippen LogP contribution in [0.2, 0.25) is 0 Å². The maximum Gasteiger partial charge on any atom is 0.150 e. The van der Waals surface area contributed by atoms with Crippen LogP contribution in [0, 0.1) is 0 Å². The summed E-state index contributed by atoms with van der Waals surface area (Å²) in [5.74, 6) is 0.737. The third-order valence-corrected chi connectivity index (χ3v) is 4.62. The maximum atomic E-state index is 10.6. The van der Waals surface area contributed by atoms with Crippen LogP contribution >= 0.6 is 22.7 Å². The van der Waals surface area contributed by atoms with Crippen LogP contribution in [0.15, 0.2) is 47.2 Å². The molecule has 0 amide bonds. The number of aromatic nitrogens is 1. The molecule has 1 aromatic carbocycles. The van der Waals surface area contributed by atoms with E-state index < -0.39 is 0 Å². The van der Waals surface area contributed by atoms with Gasteiger partial charge in [-0.25, -0.2) is 4.98 Å². The van der Waals surface area contributed by atoms with Crippen LogP contribution in [0.25, 0.3) is 9.88 Å². The first-order chi connectivity index (χ1) is 9.85. The van der Waals surface area contributed by atoms with Gasteiger partial charge in [0.25, 0.3) is 0 Å². The minimum Gasteiger partial charge on any atom is -0.487 e. The van der Waals surface area contributed by atoms with Gasteiger partial charge in [0.15, 0.2) is 0 Å². The third kappa shape index (κ3) is 2.95. The molecule has 2 heterocycles. The highest BCUT2D eigenvalue weighted by Crippen LogP contribution is 2.28. The fourth-order valence-corrected chi connectivity index (χ4v) is 3.31. The van der Waals surface area contributed by atoms with Crippen LogP contribution < -0.4 is 4.74 Å². The van der Waals surface area contributed by atoms with E-state index in [0.29, 0.717) is 12.2 Å². The van der Waals surface area contributed by atoms with Crippen molar-refractivity contribution >= 4 is 29.0 Å². The van der Waals surface area contributed by atoms with Gasteiger partial charge in [0.1, 0.15) is 23.7 Å². The van der Waals surface area contributed by atoms with E-state index in [9.17, 15) is 4.79 Å². The number of thiazole rings is 1. The molecular weight excluding hydrogens is 290 g/mol. The van der Waals surface area contributed by atoms with Gasteiger partial charge >= 0.3 is 0 Å². The minimum atomic E-state index is 0.433. The van der Waals surface area contributed by atoms with Crippen molar-refractivity contribution in [1.29, 1.82) is 0 Å². The molecule has 2 aromatic heterocycles. The topological polar surface area (TPSA) is 39.2 Å². The fraction of sp³-hybridized carbons (Fsp3) is 0.0667. The van der Waals surface area contributed by atoms with Crippen molar-refractivity contribution in [2.75, 3.05) is 0 Å². The molecule has 0 saturated carbocycles. The van der Waals surface area contributed by atoms with Crippen LogP contribution in [0.1, 0.15) is 16.1 Å². The first-order valence-electron chi connectivity index (χ1n) is 6.01. The van der Waals surface area contributed by atoms with Gasteiger partial charge in [-0.15, -0.1) is 22.7 Å². The number of hydrogen-bond donors (Lipinski definition) is 0. The molecule has 0 aliphatic heterocycles. The van der Waals surface area contributed by atoms with Gasteiger partial charge in [-0.1, -0.05) is 6.07 Å². The highest BCUT2D eigenvalue weighted by molar-refractivity contribution is 7.20.